The van der Waals surface area contributed by atoms with E-state index in [0.717, 1.165) is 5.56 Å². The normalized spacial score (nSPS) is 10.4. The van der Waals surface area contributed by atoms with E-state index >= 15 is 0 Å². The Balaban J connectivity index is 3.24. The maximum Gasteiger partial charge on any atom is 0.135 e. The van der Waals surface area contributed by atoms with Gasteiger partial charge in [-0.1, -0.05) is 0 Å². The molecule has 0 spiro atoms. The van der Waals surface area contributed by atoms with E-state index in [1.807, 2.05) is 14.1 Å². The molecule has 0 atom stereocenters. The molecular weight excluding hydrogens is 220 g/mol. The highest BCUT2D eigenvalue weighted by Gasteiger charge is 2.11. The van der Waals surface area contributed by atoms with Crippen molar-refractivity contribution >= 4 is 6.21 Å². The molecule has 0 aliphatic heterocycles. The lowest BCUT2D eigenvalue weighted by molar-refractivity contribution is 0.374. The number of nitrogens with zero attached hydrogens (tertiary/aromatic N) is 2. The Hall–Kier alpha value is -1.91. The molecule has 5 nitrogen and oxygen atoms in total. The second kappa shape index (κ2) is 5.98. The predicted molar refractivity (Wildman–Crippen MR) is 67.4 cm³/mol. The Morgan fingerprint density at radius 2 is 1.53 bits per heavy atom. The average molecular weight is 238 g/mol. The van der Waals surface area contributed by atoms with Crippen molar-refractivity contribution in [3.8, 4) is 17.2 Å². The summed E-state index contributed by atoms with van der Waals surface area (Å²) in [4.78, 5) is 0. The fourth-order valence-corrected chi connectivity index (χ4v) is 1.33. The number of ether oxygens (including phenoxy) is 3. The maximum atomic E-state index is 5.29. The van der Waals surface area contributed by atoms with E-state index in [2.05, 4.69) is 5.10 Å². The fourth-order valence-electron chi connectivity index (χ4n) is 1.33. The fraction of sp³-hybridized carbons (Fsp3) is 0.417. The number of hydrazone groups is 1. The first-order chi connectivity index (χ1) is 8.12. The van der Waals surface area contributed by atoms with Crippen LogP contribution in [0.1, 0.15) is 5.56 Å². The van der Waals surface area contributed by atoms with Crippen molar-refractivity contribution in [2.75, 3.05) is 35.4 Å². The van der Waals surface area contributed by atoms with Crippen LogP contribution >= 0.6 is 0 Å². The van der Waals surface area contributed by atoms with Gasteiger partial charge in [-0.25, -0.2) is 0 Å². The summed E-state index contributed by atoms with van der Waals surface area (Å²) >= 11 is 0. The third-order valence-electron chi connectivity index (χ3n) is 2.17. The number of hydrogen-bond donors (Lipinski definition) is 0. The molecule has 0 aromatic heterocycles. The lowest BCUT2D eigenvalue weighted by Crippen LogP contribution is -2.04. The molecule has 0 amide bonds. The minimum absolute atomic E-state index is 0.659. The SMILES string of the molecule is COc1cc(OC)c(C=NN(C)C)c(OC)c1. The van der Waals surface area contributed by atoms with Crippen molar-refractivity contribution in [2.24, 2.45) is 5.10 Å². The van der Waals surface area contributed by atoms with E-state index < -0.39 is 0 Å². The standard InChI is InChI=1S/C12H18N2O3/c1-14(2)13-8-10-11(16-4)6-9(15-3)7-12(10)17-5/h6-8H,1-5H3. The zero-order valence-electron chi connectivity index (χ0n) is 10.9. The van der Waals surface area contributed by atoms with Crippen molar-refractivity contribution in [1.29, 1.82) is 0 Å². The molecule has 1 rings (SSSR count). The Morgan fingerprint density at radius 1 is 1.00 bits per heavy atom. The van der Waals surface area contributed by atoms with E-state index in [4.69, 9.17) is 14.2 Å². The number of hydrogen-bond acceptors (Lipinski definition) is 5. The number of methoxy groups -OCH3 is 3. The van der Waals surface area contributed by atoms with Crippen LogP contribution in [0.3, 0.4) is 0 Å². The second-order valence-corrected chi connectivity index (χ2v) is 3.54. The van der Waals surface area contributed by atoms with Crippen LogP contribution in [0.25, 0.3) is 0 Å². The summed E-state index contributed by atoms with van der Waals surface area (Å²) in [6.45, 7) is 0. The zero-order chi connectivity index (χ0) is 12.8. The molecule has 1 aromatic rings. The molecule has 0 heterocycles. The minimum atomic E-state index is 0.659. The average Bonchev–Trinajstić information content (AvgIpc) is 2.34. The van der Waals surface area contributed by atoms with Gasteiger partial charge < -0.3 is 19.2 Å². The van der Waals surface area contributed by atoms with Gasteiger partial charge in [0.2, 0.25) is 0 Å². The molecule has 0 bridgehead atoms. The van der Waals surface area contributed by atoms with Crippen molar-refractivity contribution in [1.82, 2.24) is 5.01 Å². The van der Waals surface area contributed by atoms with Crippen LogP contribution < -0.4 is 14.2 Å². The highest BCUT2D eigenvalue weighted by molar-refractivity contribution is 5.87. The molecule has 0 fully saturated rings. The van der Waals surface area contributed by atoms with Crippen LogP contribution in [0.2, 0.25) is 0 Å². The molecule has 0 aliphatic carbocycles. The molecule has 94 valence electrons. The summed E-state index contributed by atoms with van der Waals surface area (Å²) in [6.07, 6.45) is 1.69. The summed E-state index contributed by atoms with van der Waals surface area (Å²) in [5, 5.41) is 5.87. The van der Waals surface area contributed by atoms with Crippen molar-refractivity contribution in [3.63, 3.8) is 0 Å². The van der Waals surface area contributed by atoms with Crippen molar-refractivity contribution in [3.05, 3.63) is 17.7 Å². The maximum absolute atomic E-state index is 5.29. The van der Waals surface area contributed by atoms with Crippen LogP contribution in [0.5, 0.6) is 17.2 Å². The molecule has 0 N–H and O–H groups in total. The molecule has 0 saturated carbocycles. The third kappa shape index (κ3) is 3.27. The van der Waals surface area contributed by atoms with Gasteiger partial charge in [0.15, 0.2) is 0 Å². The van der Waals surface area contributed by atoms with Gasteiger partial charge in [-0.05, 0) is 0 Å². The number of rotatable bonds is 5. The van der Waals surface area contributed by atoms with Gasteiger partial charge in [0.25, 0.3) is 0 Å². The first-order valence-electron chi connectivity index (χ1n) is 5.13. The van der Waals surface area contributed by atoms with Crippen LogP contribution in [-0.4, -0.2) is 46.6 Å². The molecule has 0 saturated heterocycles. The van der Waals surface area contributed by atoms with Gasteiger partial charge in [-0.3, -0.25) is 0 Å². The van der Waals surface area contributed by atoms with Crippen LogP contribution in [-0.2, 0) is 0 Å². The summed E-state index contributed by atoms with van der Waals surface area (Å²) in [7, 11) is 8.49. The van der Waals surface area contributed by atoms with E-state index in [-0.39, 0.29) is 0 Å². The van der Waals surface area contributed by atoms with Gasteiger partial charge in [-0.15, -0.1) is 0 Å². The monoisotopic (exact) mass is 238 g/mol. The van der Waals surface area contributed by atoms with Gasteiger partial charge in [0.05, 0.1) is 33.1 Å². The lowest BCUT2D eigenvalue weighted by Gasteiger charge is -2.12. The van der Waals surface area contributed by atoms with Gasteiger partial charge >= 0.3 is 0 Å². The Kier molecular flexibility index (Phi) is 4.63. The van der Waals surface area contributed by atoms with E-state index in [0.29, 0.717) is 17.2 Å². The molecule has 5 heteroatoms. The lowest BCUT2D eigenvalue weighted by atomic mass is 10.2. The Labute approximate surface area is 102 Å². The molecule has 0 unspecified atom stereocenters. The minimum Gasteiger partial charge on any atom is -0.496 e. The van der Waals surface area contributed by atoms with Gasteiger partial charge in [0.1, 0.15) is 17.2 Å². The van der Waals surface area contributed by atoms with E-state index in [1.165, 1.54) is 0 Å². The quantitative estimate of drug-likeness (QED) is 0.577. The summed E-state index contributed by atoms with van der Waals surface area (Å²) in [6, 6.07) is 3.58. The first-order valence-corrected chi connectivity index (χ1v) is 5.13. The predicted octanol–water partition coefficient (Wildman–Crippen LogP) is 1.61. The molecule has 17 heavy (non-hydrogen) atoms. The summed E-state index contributed by atoms with van der Waals surface area (Å²) < 4.78 is 15.8. The van der Waals surface area contributed by atoms with Gasteiger partial charge in [-0.2, -0.15) is 5.10 Å². The second-order valence-electron chi connectivity index (χ2n) is 3.54. The van der Waals surface area contributed by atoms with Gasteiger partial charge in [0, 0.05) is 26.2 Å². The zero-order valence-corrected chi connectivity index (χ0v) is 10.9. The van der Waals surface area contributed by atoms with Crippen molar-refractivity contribution < 1.29 is 14.2 Å². The summed E-state index contributed by atoms with van der Waals surface area (Å²) in [5.41, 5.74) is 0.782. The summed E-state index contributed by atoms with van der Waals surface area (Å²) in [5.74, 6) is 2.00. The van der Waals surface area contributed by atoms with Crippen molar-refractivity contribution in [2.45, 2.75) is 0 Å². The Bertz CT molecular complexity index is 378. The largest absolute Gasteiger partial charge is 0.496 e. The van der Waals surface area contributed by atoms with Crippen LogP contribution in [0.15, 0.2) is 17.2 Å². The topological polar surface area (TPSA) is 43.3 Å². The van der Waals surface area contributed by atoms with Crippen LogP contribution in [0, 0.1) is 0 Å². The van der Waals surface area contributed by atoms with E-state index in [9.17, 15) is 0 Å². The van der Waals surface area contributed by atoms with Crippen LogP contribution in [0.4, 0.5) is 0 Å². The first kappa shape index (κ1) is 13.2. The molecule has 1 aromatic carbocycles. The number of benzene rings is 1. The Morgan fingerprint density at radius 3 is 1.88 bits per heavy atom. The van der Waals surface area contributed by atoms with E-state index in [1.54, 1.807) is 44.7 Å². The highest BCUT2D eigenvalue weighted by atomic mass is 16.5. The highest BCUT2D eigenvalue weighted by Crippen LogP contribution is 2.32. The molecular formula is C12H18N2O3. The molecule has 0 radical (unpaired) electrons. The molecule has 0 aliphatic rings. The third-order valence-corrected chi connectivity index (χ3v) is 2.17. The smallest absolute Gasteiger partial charge is 0.135 e.